The van der Waals surface area contributed by atoms with Gasteiger partial charge in [-0.15, -0.1) is 5.10 Å². The van der Waals surface area contributed by atoms with E-state index in [2.05, 4.69) is 33.1 Å². The lowest BCUT2D eigenvalue weighted by Gasteiger charge is -2.49. The molecule has 6 rings (SSSR count). The van der Waals surface area contributed by atoms with Crippen LogP contribution in [0, 0.1) is 11.3 Å². The molecular formula is C25H30N8O3S. The number of nitrogens with zero attached hydrogens (tertiary/aromatic N) is 8. The van der Waals surface area contributed by atoms with Crippen LogP contribution in [0.3, 0.4) is 0 Å². The number of aromatic nitrogens is 4. The highest BCUT2D eigenvalue weighted by Gasteiger charge is 2.57. The summed E-state index contributed by atoms with van der Waals surface area (Å²) in [5.41, 5.74) is 1.44. The van der Waals surface area contributed by atoms with Gasteiger partial charge in [0.05, 0.1) is 17.5 Å². The zero-order valence-electron chi connectivity index (χ0n) is 21.3. The summed E-state index contributed by atoms with van der Waals surface area (Å²) in [6, 6.07) is 3.64. The molecule has 2 aromatic rings. The van der Waals surface area contributed by atoms with Crippen LogP contribution in [0.4, 0.5) is 17.5 Å². The molecule has 3 atom stereocenters. The third kappa shape index (κ3) is 3.36. The normalized spacial score (nSPS) is 29.3. The number of carbonyl (C=O) groups is 1. The van der Waals surface area contributed by atoms with Crippen molar-refractivity contribution < 1.29 is 13.2 Å². The molecule has 2 aromatic heterocycles. The summed E-state index contributed by atoms with van der Waals surface area (Å²) in [6.45, 7) is 7.27. The first kappa shape index (κ1) is 24.0. The maximum Gasteiger partial charge on any atom is 0.244 e. The van der Waals surface area contributed by atoms with Gasteiger partial charge in [0.2, 0.25) is 5.91 Å². The second-order valence-electron chi connectivity index (χ2n) is 11.1. The molecular weight excluding hydrogens is 492 g/mol. The van der Waals surface area contributed by atoms with Crippen molar-refractivity contribution in [1.82, 2.24) is 25.1 Å². The topological polar surface area (TPSA) is 136 Å². The Kier molecular flexibility index (Phi) is 5.25. The van der Waals surface area contributed by atoms with Gasteiger partial charge in [0.15, 0.2) is 15.7 Å². The first-order chi connectivity index (χ1) is 17.6. The second-order valence-corrected chi connectivity index (χ2v) is 13.7. The van der Waals surface area contributed by atoms with Crippen molar-refractivity contribution in [3.8, 4) is 6.07 Å². The predicted octanol–water partition coefficient (Wildman–Crippen LogP) is 1.71. The van der Waals surface area contributed by atoms with Gasteiger partial charge in [-0.2, -0.15) is 10.4 Å². The third-order valence-electron chi connectivity index (χ3n) is 8.92. The van der Waals surface area contributed by atoms with Gasteiger partial charge in [0.25, 0.3) is 0 Å². The number of piperazine rings is 1. The van der Waals surface area contributed by atoms with E-state index in [4.69, 9.17) is 4.98 Å². The van der Waals surface area contributed by atoms with Gasteiger partial charge in [-0.25, -0.2) is 18.4 Å². The minimum absolute atomic E-state index is 0.0570. The van der Waals surface area contributed by atoms with Crippen LogP contribution in [0.1, 0.15) is 57.6 Å². The van der Waals surface area contributed by atoms with E-state index in [9.17, 15) is 18.5 Å². The Morgan fingerprint density at radius 3 is 2.51 bits per heavy atom. The van der Waals surface area contributed by atoms with Crippen molar-refractivity contribution in [2.75, 3.05) is 35.2 Å². The molecule has 37 heavy (non-hydrogen) atoms. The van der Waals surface area contributed by atoms with Crippen molar-refractivity contribution in [2.24, 2.45) is 0 Å². The number of anilines is 3. The van der Waals surface area contributed by atoms with Gasteiger partial charge in [0, 0.05) is 48.8 Å². The number of hydrogen-bond acceptors (Lipinski definition) is 10. The van der Waals surface area contributed by atoms with Crippen LogP contribution in [0.15, 0.2) is 18.6 Å². The SMILES string of the molecule is C[C@@H]1CN(C(=O)C2(C)CCS2(=O)=O)[C@@H](C)CN1c1ncnc2c1C1(CCC1)CN2c1cc(C#N)cnn1. The van der Waals surface area contributed by atoms with Crippen LogP contribution in [0.2, 0.25) is 0 Å². The van der Waals surface area contributed by atoms with Gasteiger partial charge in [-0.1, -0.05) is 6.42 Å². The fourth-order valence-corrected chi connectivity index (χ4v) is 7.83. The maximum atomic E-state index is 13.4. The monoisotopic (exact) mass is 522 g/mol. The predicted molar refractivity (Wildman–Crippen MR) is 136 cm³/mol. The van der Waals surface area contributed by atoms with E-state index in [0.717, 1.165) is 36.5 Å². The molecule has 1 spiro atoms. The van der Waals surface area contributed by atoms with Crippen LogP contribution >= 0.6 is 0 Å². The summed E-state index contributed by atoms with van der Waals surface area (Å²) >= 11 is 0. The van der Waals surface area contributed by atoms with E-state index in [1.54, 1.807) is 24.2 Å². The summed E-state index contributed by atoms with van der Waals surface area (Å²) < 4.78 is 23.5. The lowest BCUT2D eigenvalue weighted by Crippen LogP contribution is -2.66. The van der Waals surface area contributed by atoms with Gasteiger partial charge < -0.3 is 14.7 Å². The standard InChI is InChI=1S/C25H30N8O3S/c1-16-13-32(23(34)24(3)7-8-37(24,35)36)17(2)12-31(16)21-20-22(28-15-27-21)33(14-25(20)5-4-6-25)19-9-18(10-26)11-29-30-19/h9,11,15-17H,4-8,12-14H2,1-3H3/t16-,17+,24?/m1/s1. The fourth-order valence-electron chi connectivity index (χ4n) is 6.29. The van der Waals surface area contributed by atoms with E-state index < -0.39 is 14.6 Å². The van der Waals surface area contributed by atoms with Crippen molar-refractivity contribution in [1.29, 1.82) is 5.26 Å². The highest BCUT2D eigenvalue weighted by atomic mass is 32.2. The average Bonchev–Trinajstić information content (AvgIpc) is 3.25. The number of carbonyl (C=O) groups excluding carboxylic acids is 1. The quantitative estimate of drug-likeness (QED) is 0.586. The Labute approximate surface area is 216 Å². The first-order valence-corrected chi connectivity index (χ1v) is 14.4. The van der Waals surface area contributed by atoms with Gasteiger partial charge in [-0.05, 0) is 40.0 Å². The van der Waals surface area contributed by atoms with Crippen LogP contribution in [0.5, 0.6) is 0 Å². The largest absolute Gasteiger partial charge is 0.350 e. The van der Waals surface area contributed by atoms with Gasteiger partial charge >= 0.3 is 0 Å². The van der Waals surface area contributed by atoms with E-state index in [1.807, 2.05) is 11.8 Å². The summed E-state index contributed by atoms with van der Waals surface area (Å²) in [4.78, 5) is 28.8. The molecule has 1 amide bonds. The summed E-state index contributed by atoms with van der Waals surface area (Å²) in [5, 5.41) is 17.7. The number of hydrogen-bond donors (Lipinski definition) is 0. The molecule has 0 N–H and O–H groups in total. The Hall–Kier alpha value is -3.33. The third-order valence-corrected chi connectivity index (χ3v) is 11.4. The number of rotatable bonds is 3. The fraction of sp³-hybridized carbons (Fsp3) is 0.600. The average molecular weight is 523 g/mol. The van der Waals surface area contributed by atoms with E-state index in [0.29, 0.717) is 37.4 Å². The van der Waals surface area contributed by atoms with E-state index in [1.165, 1.54) is 6.20 Å². The number of nitriles is 1. The second kappa shape index (κ2) is 8.08. The van der Waals surface area contributed by atoms with Crippen LogP contribution < -0.4 is 9.80 Å². The smallest absolute Gasteiger partial charge is 0.244 e. The van der Waals surface area contributed by atoms with Crippen LogP contribution in [0.25, 0.3) is 0 Å². The van der Waals surface area contributed by atoms with Crippen molar-refractivity contribution >= 4 is 33.2 Å². The lowest BCUT2D eigenvalue weighted by atomic mass is 9.66. The molecule has 3 fully saturated rings. The molecule has 1 saturated carbocycles. The Bertz CT molecular complexity index is 1440. The van der Waals surface area contributed by atoms with Crippen LogP contribution in [-0.4, -0.2) is 81.6 Å². The zero-order chi connectivity index (χ0) is 26.2. The molecule has 0 radical (unpaired) electrons. The molecule has 0 aromatic carbocycles. The highest BCUT2D eigenvalue weighted by Crippen LogP contribution is 2.56. The number of amides is 1. The first-order valence-electron chi connectivity index (χ1n) is 12.8. The summed E-state index contributed by atoms with van der Waals surface area (Å²) in [7, 11) is -3.40. The molecule has 12 heteroatoms. The summed E-state index contributed by atoms with van der Waals surface area (Å²) in [6.07, 6.45) is 6.54. The minimum Gasteiger partial charge on any atom is -0.350 e. The number of fused-ring (bicyclic) bond motifs is 2. The van der Waals surface area contributed by atoms with Crippen LogP contribution in [-0.2, 0) is 20.0 Å². The molecule has 11 nitrogen and oxygen atoms in total. The Morgan fingerprint density at radius 1 is 1.14 bits per heavy atom. The molecule has 0 bridgehead atoms. The Morgan fingerprint density at radius 2 is 1.89 bits per heavy atom. The van der Waals surface area contributed by atoms with Crippen molar-refractivity contribution in [2.45, 2.75) is 68.7 Å². The zero-order valence-corrected chi connectivity index (χ0v) is 22.1. The molecule has 3 aliphatic heterocycles. The Balaban J connectivity index is 1.34. The highest BCUT2D eigenvalue weighted by molar-refractivity contribution is 7.95. The molecule has 194 valence electrons. The van der Waals surface area contributed by atoms with Crippen molar-refractivity contribution in [3.63, 3.8) is 0 Å². The van der Waals surface area contributed by atoms with E-state index in [-0.39, 0.29) is 29.2 Å². The number of sulfone groups is 1. The minimum atomic E-state index is -3.40. The maximum absolute atomic E-state index is 13.4. The van der Waals surface area contributed by atoms with Gasteiger partial charge in [-0.3, -0.25) is 4.79 Å². The van der Waals surface area contributed by atoms with E-state index >= 15 is 0 Å². The molecule has 5 heterocycles. The molecule has 4 aliphatic rings. The molecule has 1 aliphatic carbocycles. The molecule has 2 saturated heterocycles. The van der Waals surface area contributed by atoms with Gasteiger partial charge in [0.1, 0.15) is 28.8 Å². The summed E-state index contributed by atoms with van der Waals surface area (Å²) in [5.74, 6) is 2.04. The van der Waals surface area contributed by atoms with Crippen molar-refractivity contribution in [3.05, 3.63) is 29.7 Å². The lowest BCUT2D eigenvalue weighted by molar-refractivity contribution is -0.137. The molecule has 1 unspecified atom stereocenters.